The van der Waals surface area contributed by atoms with Gasteiger partial charge in [0.05, 0.1) is 5.69 Å². The lowest BCUT2D eigenvalue weighted by atomic mass is 10.1. The Morgan fingerprint density at radius 3 is 2.48 bits per heavy atom. The molecule has 128 valence electrons. The summed E-state index contributed by atoms with van der Waals surface area (Å²) in [4.78, 5) is 9.88. The van der Waals surface area contributed by atoms with Gasteiger partial charge in [0.2, 0.25) is 0 Å². The number of amidine groups is 1. The van der Waals surface area contributed by atoms with Crippen LogP contribution in [-0.4, -0.2) is 51.0 Å². The SMILES string of the molecule is CC(C)(C)OC(=N)N1CCC(N)CC1.Cc1nccc(C=S)n1. The van der Waals surface area contributed by atoms with Gasteiger partial charge in [-0.2, -0.15) is 0 Å². The molecule has 0 radical (unpaired) electrons. The van der Waals surface area contributed by atoms with E-state index in [-0.39, 0.29) is 11.6 Å². The Balaban J connectivity index is 0.000000253. The number of likely N-dealkylation sites (tertiary alicyclic amines) is 1. The molecule has 0 unspecified atom stereocenters. The molecule has 2 rings (SSSR count). The van der Waals surface area contributed by atoms with Crippen molar-refractivity contribution in [2.75, 3.05) is 13.1 Å². The third-order valence-electron chi connectivity index (χ3n) is 3.15. The molecule has 1 aromatic heterocycles. The molecule has 1 aliphatic heterocycles. The summed E-state index contributed by atoms with van der Waals surface area (Å²) >= 11 is 4.66. The minimum absolute atomic E-state index is 0.281. The third kappa shape index (κ3) is 7.99. The summed E-state index contributed by atoms with van der Waals surface area (Å²) in [5.41, 5.74) is 6.31. The monoisotopic (exact) mass is 337 g/mol. The maximum Gasteiger partial charge on any atom is 0.284 e. The van der Waals surface area contributed by atoms with Crippen molar-refractivity contribution in [2.24, 2.45) is 5.73 Å². The van der Waals surface area contributed by atoms with Gasteiger partial charge in [-0.05, 0) is 46.6 Å². The van der Waals surface area contributed by atoms with E-state index in [0.717, 1.165) is 37.4 Å². The molecule has 3 N–H and O–H groups in total. The Morgan fingerprint density at radius 2 is 2.04 bits per heavy atom. The van der Waals surface area contributed by atoms with E-state index in [1.807, 2.05) is 32.6 Å². The van der Waals surface area contributed by atoms with Crippen molar-refractivity contribution < 1.29 is 4.74 Å². The summed E-state index contributed by atoms with van der Waals surface area (Å²) < 4.78 is 5.48. The number of piperidine rings is 1. The number of rotatable bonds is 1. The zero-order chi connectivity index (χ0) is 17.5. The van der Waals surface area contributed by atoms with E-state index in [0.29, 0.717) is 6.04 Å². The van der Waals surface area contributed by atoms with Crippen molar-refractivity contribution in [3.63, 3.8) is 0 Å². The van der Waals surface area contributed by atoms with Crippen molar-refractivity contribution in [2.45, 2.75) is 52.2 Å². The number of aromatic nitrogens is 2. The van der Waals surface area contributed by atoms with Crippen LogP contribution in [0, 0.1) is 12.3 Å². The number of thiocarbonyl (C=S) groups is 1. The minimum Gasteiger partial charge on any atom is -0.460 e. The topological polar surface area (TPSA) is 88.1 Å². The third-order valence-corrected chi connectivity index (χ3v) is 3.39. The van der Waals surface area contributed by atoms with Gasteiger partial charge >= 0.3 is 0 Å². The van der Waals surface area contributed by atoms with Crippen LogP contribution in [0.25, 0.3) is 0 Å². The van der Waals surface area contributed by atoms with Gasteiger partial charge in [0, 0.05) is 30.7 Å². The van der Waals surface area contributed by atoms with E-state index in [1.54, 1.807) is 12.3 Å². The van der Waals surface area contributed by atoms with Crippen molar-refractivity contribution in [3.05, 3.63) is 23.8 Å². The van der Waals surface area contributed by atoms with Gasteiger partial charge in [0.25, 0.3) is 6.02 Å². The number of aryl methyl sites for hydroxylation is 1. The molecule has 1 aliphatic rings. The van der Waals surface area contributed by atoms with Gasteiger partial charge in [-0.15, -0.1) is 0 Å². The zero-order valence-electron chi connectivity index (χ0n) is 14.4. The first-order chi connectivity index (χ1) is 10.7. The molecule has 0 atom stereocenters. The van der Waals surface area contributed by atoms with Gasteiger partial charge in [-0.3, -0.25) is 5.41 Å². The average molecular weight is 337 g/mol. The number of hydrogen-bond donors (Lipinski definition) is 2. The second kappa shape index (κ2) is 8.88. The maximum absolute atomic E-state index is 7.77. The summed E-state index contributed by atoms with van der Waals surface area (Å²) in [5, 5.41) is 9.30. The Labute approximate surface area is 144 Å². The molecular formula is C16H27N5OS. The molecule has 0 saturated carbocycles. The fourth-order valence-electron chi connectivity index (χ4n) is 2.00. The van der Waals surface area contributed by atoms with Gasteiger partial charge < -0.3 is 15.4 Å². The predicted octanol–water partition coefficient (Wildman–Crippen LogP) is 2.29. The van der Waals surface area contributed by atoms with Crippen LogP contribution in [0.3, 0.4) is 0 Å². The molecule has 0 aromatic carbocycles. The molecule has 0 aliphatic carbocycles. The number of nitrogens with one attached hydrogen (secondary N) is 1. The Hall–Kier alpha value is -1.60. The lowest BCUT2D eigenvalue weighted by Crippen LogP contribution is -2.45. The van der Waals surface area contributed by atoms with E-state index < -0.39 is 0 Å². The second-order valence-corrected chi connectivity index (χ2v) is 6.73. The smallest absolute Gasteiger partial charge is 0.284 e. The van der Waals surface area contributed by atoms with Gasteiger partial charge in [0.1, 0.15) is 11.4 Å². The fraction of sp³-hybridized carbons (Fsp3) is 0.625. The van der Waals surface area contributed by atoms with E-state index in [1.165, 1.54) is 5.37 Å². The zero-order valence-corrected chi connectivity index (χ0v) is 15.2. The Morgan fingerprint density at radius 1 is 1.43 bits per heavy atom. The number of nitrogens with two attached hydrogens (primary N) is 1. The fourth-order valence-corrected chi connectivity index (χ4v) is 2.13. The van der Waals surface area contributed by atoms with Crippen LogP contribution < -0.4 is 5.73 Å². The summed E-state index contributed by atoms with van der Waals surface area (Å²) in [6.45, 7) is 9.39. The highest BCUT2D eigenvalue weighted by molar-refractivity contribution is 7.79. The molecule has 7 heteroatoms. The van der Waals surface area contributed by atoms with E-state index in [4.69, 9.17) is 15.9 Å². The molecule has 1 fully saturated rings. The van der Waals surface area contributed by atoms with Gasteiger partial charge in [0.15, 0.2) is 0 Å². The van der Waals surface area contributed by atoms with Crippen molar-refractivity contribution in [1.29, 1.82) is 5.41 Å². The van der Waals surface area contributed by atoms with Crippen LogP contribution in [-0.2, 0) is 4.74 Å². The van der Waals surface area contributed by atoms with Crippen molar-refractivity contribution in [1.82, 2.24) is 14.9 Å². The molecule has 1 saturated heterocycles. The van der Waals surface area contributed by atoms with Crippen LogP contribution in [0.4, 0.5) is 0 Å². The minimum atomic E-state index is -0.281. The number of nitrogens with zero attached hydrogens (tertiary/aromatic N) is 3. The first kappa shape index (κ1) is 19.4. The molecule has 23 heavy (non-hydrogen) atoms. The number of hydrogen-bond acceptors (Lipinski definition) is 6. The molecular weight excluding hydrogens is 310 g/mol. The van der Waals surface area contributed by atoms with Crippen LogP contribution in [0.15, 0.2) is 12.3 Å². The quantitative estimate of drug-likeness (QED) is 0.464. The lowest BCUT2D eigenvalue weighted by Gasteiger charge is -2.34. The van der Waals surface area contributed by atoms with Crippen molar-refractivity contribution in [3.8, 4) is 0 Å². The molecule has 0 amide bonds. The molecule has 6 nitrogen and oxygen atoms in total. The first-order valence-electron chi connectivity index (χ1n) is 7.74. The maximum atomic E-state index is 7.77. The Kier molecular flexibility index (Phi) is 7.51. The van der Waals surface area contributed by atoms with E-state index >= 15 is 0 Å². The molecule has 2 heterocycles. The highest BCUT2D eigenvalue weighted by atomic mass is 32.1. The summed E-state index contributed by atoms with van der Waals surface area (Å²) in [5.74, 6) is 0.758. The van der Waals surface area contributed by atoms with Crippen molar-refractivity contribution >= 4 is 23.6 Å². The normalized spacial score (nSPS) is 15.4. The van der Waals surface area contributed by atoms with Crippen LogP contribution in [0.5, 0.6) is 0 Å². The second-order valence-electron chi connectivity index (χ2n) is 6.49. The average Bonchev–Trinajstić information content (AvgIpc) is 2.46. The van der Waals surface area contributed by atoms with Gasteiger partial charge in [-0.25, -0.2) is 9.97 Å². The lowest BCUT2D eigenvalue weighted by molar-refractivity contribution is 0.0797. The van der Waals surface area contributed by atoms with E-state index in [9.17, 15) is 0 Å². The highest BCUT2D eigenvalue weighted by Gasteiger charge is 2.22. The summed E-state index contributed by atoms with van der Waals surface area (Å²) in [6.07, 6.45) is 3.60. The van der Waals surface area contributed by atoms with Gasteiger partial charge in [-0.1, -0.05) is 12.2 Å². The first-order valence-corrected chi connectivity index (χ1v) is 8.21. The Bertz CT molecular complexity index is 521. The van der Waals surface area contributed by atoms with Crippen LogP contribution in [0.1, 0.15) is 45.1 Å². The standard InChI is InChI=1S/C10H21N3O.C6H6N2S/c1-10(2,3)14-9(12)13-6-4-8(11)5-7-13;1-5-7-3-2-6(4-9)8-5/h8,12H,4-7,11H2,1-3H3;2-4H,1H3. The summed E-state index contributed by atoms with van der Waals surface area (Å²) in [6, 6.07) is 2.36. The largest absolute Gasteiger partial charge is 0.460 e. The summed E-state index contributed by atoms with van der Waals surface area (Å²) in [7, 11) is 0. The molecule has 1 aromatic rings. The van der Waals surface area contributed by atoms with Crippen LogP contribution >= 0.6 is 12.2 Å². The molecule has 0 spiro atoms. The predicted molar refractivity (Wildman–Crippen MR) is 96.9 cm³/mol. The molecule has 0 bridgehead atoms. The van der Waals surface area contributed by atoms with Crippen LogP contribution in [0.2, 0.25) is 0 Å². The highest BCUT2D eigenvalue weighted by Crippen LogP contribution is 2.13. The number of ether oxygens (including phenoxy) is 1. The van der Waals surface area contributed by atoms with E-state index in [2.05, 4.69) is 22.2 Å².